The zero-order valence-corrected chi connectivity index (χ0v) is 43.4. The van der Waals surface area contributed by atoms with Gasteiger partial charge in [-0.25, -0.2) is 0 Å². The summed E-state index contributed by atoms with van der Waals surface area (Å²) in [5.41, 5.74) is -1.54. The Morgan fingerprint density at radius 3 is 1.97 bits per heavy atom. The molecule has 0 bridgehead atoms. The van der Waals surface area contributed by atoms with Gasteiger partial charge in [0.05, 0.1) is 43.5 Å². The third-order valence-electron chi connectivity index (χ3n) is 20.6. The SMILES string of the molecule is C[C@@H]1O[C@@H](OC(=O)[C@]23CCC(C)(C)CC2C2=CCC4[C@@]5(C)C[C@@H](O)[C@H](O[C@@H]6O[C@H](CO)[C@@H](O)[C@H](O)[C@H]6O[C@@H]6OC[C@@H](O[C@@H]7OC[C@H](O)[C@H](O)[C@H]7O)[C@H](O)[C@H]6O)C(C)(C)C5CC[C@@]4(C)[C@]2(C)CC3)[C@H](O)[C@H](O)[C@H]1O. The van der Waals surface area contributed by atoms with Crippen molar-refractivity contribution >= 4 is 5.97 Å². The van der Waals surface area contributed by atoms with Crippen molar-refractivity contribution in [1.29, 1.82) is 0 Å². The molecule has 9 rings (SSSR count). The number of carbonyl (C=O) groups is 1. The molecule has 4 heterocycles. The Balaban J connectivity index is 0.936. The molecule has 0 aromatic rings. The molecule has 8 fully saturated rings. The molecule has 12 N–H and O–H groups in total. The molecule has 21 heteroatoms. The van der Waals surface area contributed by atoms with E-state index in [0.29, 0.717) is 32.1 Å². The van der Waals surface area contributed by atoms with E-state index >= 15 is 0 Å². The van der Waals surface area contributed by atoms with Gasteiger partial charge >= 0.3 is 5.97 Å². The van der Waals surface area contributed by atoms with Crippen molar-refractivity contribution in [2.24, 2.45) is 50.2 Å². The minimum Gasteiger partial charge on any atom is -0.432 e. The molecule has 0 amide bonds. The number of esters is 1. The number of allylic oxidation sites excluding steroid dienone is 2. The van der Waals surface area contributed by atoms with Gasteiger partial charge in [-0.1, -0.05) is 60.1 Å². The fourth-order valence-corrected chi connectivity index (χ4v) is 16.0. The maximum Gasteiger partial charge on any atom is 0.315 e. The van der Waals surface area contributed by atoms with Gasteiger partial charge in [-0.15, -0.1) is 0 Å². The van der Waals surface area contributed by atoms with Crippen molar-refractivity contribution in [3.63, 3.8) is 0 Å². The van der Waals surface area contributed by atoms with E-state index in [1.54, 1.807) is 6.92 Å². The van der Waals surface area contributed by atoms with Crippen LogP contribution in [0.5, 0.6) is 0 Å². The van der Waals surface area contributed by atoms with Crippen LogP contribution in [0.3, 0.4) is 0 Å². The normalized spacial score (nSPS) is 54.7. The van der Waals surface area contributed by atoms with Crippen molar-refractivity contribution in [2.75, 3.05) is 19.8 Å². The van der Waals surface area contributed by atoms with Gasteiger partial charge in [0.1, 0.15) is 79.4 Å². The van der Waals surface area contributed by atoms with E-state index in [-0.39, 0.29) is 40.6 Å². The summed E-state index contributed by atoms with van der Waals surface area (Å²) in [4.78, 5) is 14.7. The van der Waals surface area contributed by atoms with Crippen LogP contribution in [0, 0.1) is 50.2 Å². The summed E-state index contributed by atoms with van der Waals surface area (Å²) >= 11 is 0. The number of fused-ring (bicyclic) bond motifs is 7. The van der Waals surface area contributed by atoms with Crippen LogP contribution in [0.15, 0.2) is 11.6 Å². The number of ether oxygens (including phenoxy) is 8. The number of aliphatic hydroxyl groups excluding tert-OH is 12. The Morgan fingerprint density at radius 1 is 0.630 bits per heavy atom. The highest BCUT2D eigenvalue weighted by molar-refractivity contribution is 5.79. The van der Waals surface area contributed by atoms with Gasteiger partial charge in [-0.05, 0) is 110 Å². The van der Waals surface area contributed by atoms with E-state index in [2.05, 4.69) is 40.7 Å². The maximum absolute atomic E-state index is 14.7. The highest BCUT2D eigenvalue weighted by Crippen LogP contribution is 2.76. The predicted molar refractivity (Wildman–Crippen MR) is 251 cm³/mol. The van der Waals surface area contributed by atoms with E-state index in [0.717, 1.165) is 25.7 Å². The van der Waals surface area contributed by atoms with Crippen LogP contribution >= 0.6 is 0 Å². The first-order chi connectivity index (χ1) is 34.1. The molecular weight excluding hydrogens is 961 g/mol. The number of hydrogen-bond donors (Lipinski definition) is 12. The first-order valence-electron chi connectivity index (χ1n) is 26.6. The van der Waals surface area contributed by atoms with Gasteiger partial charge in [0.15, 0.2) is 18.9 Å². The quantitative estimate of drug-likeness (QED) is 0.0767. The van der Waals surface area contributed by atoms with E-state index in [4.69, 9.17) is 37.9 Å². The molecule has 3 unspecified atom stereocenters. The molecule has 0 aromatic carbocycles. The van der Waals surface area contributed by atoms with Gasteiger partial charge < -0.3 is 99.2 Å². The Labute approximate surface area is 426 Å². The summed E-state index contributed by atoms with van der Waals surface area (Å²) in [7, 11) is 0. The molecule has 4 saturated carbocycles. The molecule has 73 heavy (non-hydrogen) atoms. The fourth-order valence-electron chi connectivity index (χ4n) is 16.0. The Bertz CT molecular complexity index is 2020. The minimum absolute atomic E-state index is 0.0202. The largest absolute Gasteiger partial charge is 0.432 e. The standard InChI is InChI=1S/C52H84O21/c1-22-31(56)35(60)39(64)44(68-22)73-46(65)52-15-13-47(2,3)17-24(52)23-9-10-30-49(6)18-25(54)41(48(4,5)29(49)11-12-51(30,8)50(23,7)14-16-52)72-45-40(36(61)33(58)27(19-53)69-45)71-43-38(63)34(59)28(21-67-43)70-42-37(62)32(57)26(55)20-66-42/h9,22,24-45,53-64H,10-21H2,1-8H3/t22-,24?,25+,26-,27+,28+,29?,30?,31-,32-,33+,34-,35+,36-,37+,38+,39+,40+,41-,42-,43-,44-,45-,49-,50+,51+,52-/m0/s1. The second-order valence-corrected chi connectivity index (χ2v) is 25.5. The summed E-state index contributed by atoms with van der Waals surface area (Å²) in [5, 5.41) is 130. The van der Waals surface area contributed by atoms with Gasteiger partial charge in [0.2, 0.25) is 6.29 Å². The molecule has 21 nitrogen and oxygen atoms in total. The zero-order valence-electron chi connectivity index (χ0n) is 43.4. The Hall–Kier alpha value is -1.55. The molecule has 9 aliphatic rings. The smallest absolute Gasteiger partial charge is 0.315 e. The lowest BCUT2D eigenvalue weighted by molar-refractivity contribution is -0.381. The Kier molecular flexibility index (Phi) is 15.4. The number of aliphatic hydroxyl groups is 12. The molecule has 4 saturated heterocycles. The topological polar surface area (TPSA) is 334 Å². The third-order valence-corrected chi connectivity index (χ3v) is 20.6. The monoisotopic (exact) mass is 1040 g/mol. The van der Waals surface area contributed by atoms with Crippen LogP contribution in [0.2, 0.25) is 0 Å². The second kappa shape index (κ2) is 20.0. The molecule has 4 aliphatic heterocycles. The second-order valence-electron chi connectivity index (χ2n) is 25.5. The lowest BCUT2D eigenvalue weighted by Crippen LogP contribution is -2.69. The lowest BCUT2D eigenvalue weighted by atomic mass is 9.33. The number of rotatable bonds is 9. The fraction of sp³-hybridized carbons (Fsp3) is 0.942. The van der Waals surface area contributed by atoms with E-state index < -0.39 is 158 Å². The predicted octanol–water partition coefficient (Wildman–Crippen LogP) is -0.759. The zero-order chi connectivity index (χ0) is 53.3. The van der Waals surface area contributed by atoms with Gasteiger partial charge in [0.25, 0.3) is 0 Å². The van der Waals surface area contributed by atoms with E-state index in [9.17, 15) is 66.1 Å². The van der Waals surface area contributed by atoms with Crippen molar-refractivity contribution in [1.82, 2.24) is 0 Å². The van der Waals surface area contributed by atoms with Crippen LogP contribution in [0.25, 0.3) is 0 Å². The van der Waals surface area contributed by atoms with Crippen LogP contribution < -0.4 is 0 Å². The molecule has 0 spiro atoms. The molecule has 418 valence electrons. The average Bonchev–Trinajstić information content (AvgIpc) is 3.32. The van der Waals surface area contributed by atoms with Crippen LogP contribution in [-0.4, -0.2) is 210 Å². The molecule has 27 atom stereocenters. The summed E-state index contributed by atoms with van der Waals surface area (Å²) in [6, 6.07) is 0. The Morgan fingerprint density at radius 2 is 1.27 bits per heavy atom. The highest BCUT2D eigenvalue weighted by atomic mass is 16.8. The number of hydrogen-bond acceptors (Lipinski definition) is 21. The van der Waals surface area contributed by atoms with E-state index in [1.807, 2.05) is 13.8 Å². The summed E-state index contributed by atoms with van der Waals surface area (Å²) in [6.07, 6.45) is -21.0. The minimum atomic E-state index is -1.84. The molecule has 5 aliphatic carbocycles. The molecular formula is C52H84O21. The van der Waals surface area contributed by atoms with Crippen LogP contribution in [-0.2, 0) is 42.7 Å². The van der Waals surface area contributed by atoms with E-state index in [1.165, 1.54) is 5.57 Å². The molecule has 0 radical (unpaired) electrons. The number of carbonyl (C=O) groups excluding carboxylic acids is 1. The highest BCUT2D eigenvalue weighted by Gasteiger charge is 2.71. The maximum atomic E-state index is 14.7. The summed E-state index contributed by atoms with van der Waals surface area (Å²) in [6.45, 7) is 15.6. The van der Waals surface area contributed by atoms with Crippen molar-refractivity contribution < 1.29 is 104 Å². The van der Waals surface area contributed by atoms with Gasteiger partial charge in [0, 0.05) is 0 Å². The first-order valence-corrected chi connectivity index (χ1v) is 26.6. The first kappa shape index (κ1) is 56.2. The lowest BCUT2D eigenvalue weighted by Gasteiger charge is -2.71. The van der Waals surface area contributed by atoms with Crippen molar-refractivity contribution in [2.45, 2.75) is 236 Å². The van der Waals surface area contributed by atoms with Crippen LogP contribution in [0.1, 0.15) is 113 Å². The third kappa shape index (κ3) is 9.10. The van der Waals surface area contributed by atoms with Gasteiger partial charge in [-0.3, -0.25) is 4.79 Å². The van der Waals surface area contributed by atoms with Crippen LogP contribution in [0.4, 0.5) is 0 Å². The van der Waals surface area contributed by atoms with Gasteiger partial charge in [-0.2, -0.15) is 0 Å². The van der Waals surface area contributed by atoms with Crippen molar-refractivity contribution in [3.05, 3.63) is 11.6 Å². The summed E-state index contributed by atoms with van der Waals surface area (Å²) in [5.74, 6) is -0.556. The molecule has 0 aromatic heterocycles. The van der Waals surface area contributed by atoms with Crippen molar-refractivity contribution in [3.8, 4) is 0 Å². The summed E-state index contributed by atoms with van der Waals surface area (Å²) < 4.78 is 47.4. The average molecular weight is 1050 g/mol.